The normalized spacial score (nSPS) is 16.7. The van der Waals surface area contributed by atoms with Gasteiger partial charge in [-0.15, -0.1) is 0 Å². The minimum Gasteiger partial charge on any atom is -0.368 e. The van der Waals surface area contributed by atoms with Crippen LogP contribution in [0.1, 0.15) is 60.1 Å². The summed E-state index contributed by atoms with van der Waals surface area (Å²) in [5, 5.41) is 3.09. The Bertz CT molecular complexity index is 1200. The molecule has 2 unspecified atom stereocenters. The largest absolute Gasteiger partial charge is 0.368 e. The molecule has 3 rings (SSSR count). The van der Waals surface area contributed by atoms with Gasteiger partial charge in [-0.05, 0) is 55.8 Å². The third-order valence-corrected chi connectivity index (χ3v) is 7.57. The number of hydrogen-bond acceptors (Lipinski definition) is 5. The zero-order valence-corrected chi connectivity index (χ0v) is 25.3. The minimum atomic E-state index is -0.659. The maximum absolute atomic E-state index is 13.9. The zero-order valence-electron chi connectivity index (χ0n) is 23.7. The van der Waals surface area contributed by atoms with Crippen molar-refractivity contribution in [2.75, 3.05) is 46.8 Å². The van der Waals surface area contributed by atoms with Crippen LogP contribution in [-0.4, -0.2) is 85.1 Å². The van der Waals surface area contributed by atoms with E-state index in [1.165, 1.54) is 4.90 Å². The number of amides is 4. The number of carbonyl (C=O) groups excluding carboxylic acids is 4. The molecule has 1 aliphatic rings. The molecule has 2 aromatic rings. The molecule has 0 aliphatic carbocycles. The number of nitrogens with one attached hydrogen (secondary N) is 1. The standard InChI is InChI=1S/C30H40BrN5O4/c1-20(2)13-15-33-29(39)27-23-7-5-6-8-24(23)30(40)36(28(27)21-9-11-22(31)12-10-21)16-14-26(38)35(19-25(32)37)18-17-34(3)4/h5-12,20,27-28H,13-19H2,1-4H3,(H2,32,37)(H,33,39). The number of nitrogens with two attached hydrogens (primary N) is 1. The van der Waals surface area contributed by atoms with Gasteiger partial charge in [-0.1, -0.05) is 60.1 Å². The fraction of sp³-hybridized carbons (Fsp3) is 0.467. The topological polar surface area (TPSA) is 116 Å². The zero-order chi connectivity index (χ0) is 29.4. The molecule has 1 aliphatic heterocycles. The number of halogens is 1. The molecule has 0 saturated heterocycles. The number of rotatable bonds is 13. The summed E-state index contributed by atoms with van der Waals surface area (Å²) in [5.74, 6) is -1.50. The van der Waals surface area contributed by atoms with Crippen LogP contribution >= 0.6 is 15.9 Å². The number of primary amides is 1. The second-order valence-corrected chi connectivity index (χ2v) is 11.8. The second kappa shape index (κ2) is 14.4. The Kier molecular flexibility index (Phi) is 11.3. The smallest absolute Gasteiger partial charge is 0.254 e. The van der Waals surface area contributed by atoms with E-state index in [1.807, 2.05) is 55.4 Å². The molecular weight excluding hydrogens is 574 g/mol. The van der Waals surface area contributed by atoms with Crippen LogP contribution in [0.25, 0.3) is 0 Å². The van der Waals surface area contributed by atoms with Gasteiger partial charge in [0, 0.05) is 42.6 Å². The molecule has 9 nitrogen and oxygen atoms in total. The second-order valence-electron chi connectivity index (χ2n) is 10.9. The average molecular weight is 615 g/mol. The SMILES string of the molecule is CC(C)CCNC(=O)C1c2ccccc2C(=O)N(CCC(=O)N(CCN(C)C)CC(N)=O)C1c1ccc(Br)cc1. The maximum Gasteiger partial charge on any atom is 0.254 e. The van der Waals surface area contributed by atoms with Crippen LogP contribution in [0.15, 0.2) is 53.0 Å². The van der Waals surface area contributed by atoms with E-state index in [0.29, 0.717) is 36.7 Å². The molecule has 0 radical (unpaired) electrons. The van der Waals surface area contributed by atoms with Crippen molar-refractivity contribution < 1.29 is 19.2 Å². The average Bonchev–Trinajstić information content (AvgIpc) is 2.90. The van der Waals surface area contributed by atoms with Crippen molar-refractivity contribution in [1.29, 1.82) is 0 Å². The number of benzene rings is 2. The molecule has 2 aromatic carbocycles. The fourth-order valence-corrected chi connectivity index (χ4v) is 5.18. The Balaban J connectivity index is 1.98. The third kappa shape index (κ3) is 8.14. The van der Waals surface area contributed by atoms with Gasteiger partial charge in [0.05, 0.1) is 18.5 Å². The lowest BCUT2D eigenvalue weighted by atomic mass is 9.79. The number of nitrogens with zero attached hydrogens (tertiary/aromatic N) is 3. The molecule has 0 saturated carbocycles. The number of fused-ring (bicyclic) bond motifs is 1. The van der Waals surface area contributed by atoms with Crippen LogP contribution in [0.2, 0.25) is 0 Å². The first kappa shape index (κ1) is 31.3. The van der Waals surface area contributed by atoms with Crippen molar-refractivity contribution in [3.8, 4) is 0 Å². The van der Waals surface area contributed by atoms with Crippen molar-refractivity contribution in [2.24, 2.45) is 11.7 Å². The molecule has 40 heavy (non-hydrogen) atoms. The van der Waals surface area contributed by atoms with Crippen molar-refractivity contribution in [1.82, 2.24) is 20.0 Å². The van der Waals surface area contributed by atoms with E-state index >= 15 is 0 Å². The summed E-state index contributed by atoms with van der Waals surface area (Å²) in [4.78, 5) is 57.6. The first-order valence-electron chi connectivity index (χ1n) is 13.6. The summed E-state index contributed by atoms with van der Waals surface area (Å²) in [6.07, 6.45) is 0.826. The summed E-state index contributed by atoms with van der Waals surface area (Å²) >= 11 is 3.47. The third-order valence-electron chi connectivity index (χ3n) is 7.04. The Morgan fingerprint density at radius 1 is 1.05 bits per heavy atom. The van der Waals surface area contributed by atoms with Crippen molar-refractivity contribution in [3.63, 3.8) is 0 Å². The van der Waals surface area contributed by atoms with Crippen molar-refractivity contribution in [3.05, 3.63) is 69.7 Å². The quantitative estimate of drug-likeness (QED) is 0.360. The molecule has 0 fully saturated rings. The molecule has 2 atom stereocenters. The van der Waals surface area contributed by atoms with E-state index in [4.69, 9.17) is 5.73 Å². The maximum atomic E-state index is 13.9. The first-order chi connectivity index (χ1) is 19.0. The van der Waals surface area contributed by atoms with Gasteiger partial charge < -0.3 is 25.8 Å². The van der Waals surface area contributed by atoms with E-state index in [1.54, 1.807) is 17.0 Å². The van der Waals surface area contributed by atoms with Crippen LogP contribution in [0.5, 0.6) is 0 Å². The van der Waals surface area contributed by atoms with E-state index in [2.05, 4.69) is 35.1 Å². The summed E-state index contributed by atoms with van der Waals surface area (Å²) in [5.41, 5.74) is 7.33. The molecule has 3 N–H and O–H groups in total. The highest BCUT2D eigenvalue weighted by Crippen LogP contribution is 2.43. The Morgan fingerprint density at radius 2 is 1.73 bits per heavy atom. The fourth-order valence-electron chi connectivity index (χ4n) is 4.92. The first-order valence-corrected chi connectivity index (χ1v) is 14.4. The Morgan fingerprint density at radius 3 is 2.35 bits per heavy atom. The highest BCUT2D eigenvalue weighted by Gasteiger charge is 2.44. The number of carbonyl (C=O) groups is 4. The van der Waals surface area contributed by atoms with Crippen molar-refractivity contribution in [2.45, 2.75) is 38.6 Å². The summed E-state index contributed by atoms with van der Waals surface area (Å²) in [7, 11) is 3.76. The van der Waals surface area contributed by atoms with Crippen molar-refractivity contribution >= 4 is 39.6 Å². The lowest BCUT2D eigenvalue weighted by Crippen LogP contribution is -2.49. The summed E-state index contributed by atoms with van der Waals surface area (Å²) in [6, 6.07) is 14.1. The van der Waals surface area contributed by atoms with Crippen LogP contribution in [-0.2, 0) is 14.4 Å². The molecule has 10 heteroatoms. The van der Waals surface area contributed by atoms with Gasteiger partial charge in [-0.25, -0.2) is 0 Å². The van der Waals surface area contributed by atoms with Gasteiger partial charge >= 0.3 is 0 Å². The Labute approximate surface area is 245 Å². The minimum absolute atomic E-state index is 0.0106. The lowest BCUT2D eigenvalue weighted by molar-refractivity contribution is -0.135. The van der Waals surface area contributed by atoms with E-state index in [-0.39, 0.29) is 37.2 Å². The van der Waals surface area contributed by atoms with Gasteiger partial charge in [-0.3, -0.25) is 19.2 Å². The van der Waals surface area contributed by atoms with Gasteiger partial charge in [0.25, 0.3) is 5.91 Å². The monoisotopic (exact) mass is 613 g/mol. The highest BCUT2D eigenvalue weighted by molar-refractivity contribution is 9.10. The van der Waals surface area contributed by atoms with Crippen LogP contribution in [0.3, 0.4) is 0 Å². The predicted octanol–water partition coefficient (Wildman–Crippen LogP) is 3.16. The summed E-state index contributed by atoms with van der Waals surface area (Å²) in [6.45, 7) is 5.52. The van der Waals surface area contributed by atoms with Crippen LogP contribution in [0, 0.1) is 5.92 Å². The molecule has 0 bridgehead atoms. The number of likely N-dealkylation sites (N-methyl/N-ethyl adjacent to an activating group) is 1. The van der Waals surface area contributed by atoms with Crippen LogP contribution in [0.4, 0.5) is 0 Å². The summed E-state index contributed by atoms with van der Waals surface area (Å²) < 4.78 is 0.876. The van der Waals surface area contributed by atoms with Gasteiger partial charge in [-0.2, -0.15) is 0 Å². The van der Waals surface area contributed by atoms with Gasteiger partial charge in [0.15, 0.2) is 0 Å². The molecule has 216 valence electrons. The Hall–Kier alpha value is -3.24. The molecule has 0 spiro atoms. The van der Waals surface area contributed by atoms with E-state index in [0.717, 1.165) is 16.5 Å². The molecule has 4 amide bonds. The van der Waals surface area contributed by atoms with E-state index in [9.17, 15) is 19.2 Å². The molecular formula is C30H40BrN5O4. The van der Waals surface area contributed by atoms with Crippen LogP contribution < -0.4 is 11.1 Å². The number of hydrogen-bond donors (Lipinski definition) is 2. The predicted molar refractivity (Wildman–Crippen MR) is 159 cm³/mol. The van der Waals surface area contributed by atoms with Gasteiger partial charge in [0.2, 0.25) is 17.7 Å². The van der Waals surface area contributed by atoms with Gasteiger partial charge in [0.1, 0.15) is 0 Å². The molecule has 0 aromatic heterocycles. The highest BCUT2D eigenvalue weighted by atomic mass is 79.9. The lowest BCUT2D eigenvalue weighted by Gasteiger charge is -2.42. The van der Waals surface area contributed by atoms with E-state index < -0.39 is 17.9 Å². The molecule has 1 heterocycles.